The average molecular weight is 307 g/mol. The van der Waals surface area contributed by atoms with E-state index < -0.39 is 0 Å². The molecule has 1 aromatic carbocycles. The summed E-state index contributed by atoms with van der Waals surface area (Å²) >= 11 is 0. The van der Waals surface area contributed by atoms with Crippen LogP contribution in [0.2, 0.25) is 0 Å². The minimum absolute atomic E-state index is 0.239. The molecular formula is C18H31N2O2+. The summed E-state index contributed by atoms with van der Waals surface area (Å²) in [5, 5.41) is 3.33. The van der Waals surface area contributed by atoms with Gasteiger partial charge in [-0.05, 0) is 37.1 Å². The van der Waals surface area contributed by atoms with E-state index in [1.54, 1.807) is 0 Å². The summed E-state index contributed by atoms with van der Waals surface area (Å²) in [6.07, 6.45) is 3.45. The molecule has 0 aliphatic rings. The first-order valence-electron chi connectivity index (χ1n) is 8.31. The number of ether oxygens (including phenoxy) is 1. The number of quaternary nitrogens is 1. The minimum atomic E-state index is -0.239. The highest BCUT2D eigenvalue weighted by molar-refractivity contribution is 5.89. The maximum atomic E-state index is 12.0. The van der Waals surface area contributed by atoms with Gasteiger partial charge in [-0.2, -0.15) is 0 Å². The van der Waals surface area contributed by atoms with Crippen molar-refractivity contribution >= 4 is 11.7 Å². The SMILES string of the molecule is CCCCNc1ccc(C(=O)OCC[N+](C)(C)CCC)cc1. The number of benzene rings is 1. The quantitative estimate of drug-likeness (QED) is 0.408. The molecular weight excluding hydrogens is 276 g/mol. The van der Waals surface area contributed by atoms with Gasteiger partial charge in [0.15, 0.2) is 0 Å². The molecule has 0 radical (unpaired) electrons. The third-order valence-corrected chi connectivity index (χ3v) is 3.74. The van der Waals surface area contributed by atoms with Crippen LogP contribution in [-0.4, -0.2) is 50.8 Å². The second kappa shape index (κ2) is 9.46. The fourth-order valence-corrected chi connectivity index (χ4v) is 2.32. The molecule has 0 fully saturated rings. The number of carbonyl (C=O) groups excluding carboxylic acids is 1. The van der Waals surface area contributed by atoms with Crippen molar-refractivity contribution in [2.45, 2.75) is 33.1 Å². The Morgan fingerprint density at radius 2 is 1.77 bits per heavy atom. The molecule has 0 saturated heterocycles. The Kier molecular flexibility index (Phi) is 7.96. The van der Waals surface area contributed by atoms with Crippen LogP contribution < -0.4 is 5.32 Å². The van der Waals surface area contributed by atoms with E-state index >= 15 is 0 Å². The van der Waals surface area contributed by atoms with E-state index in [4.69, 9.17) is 4.74 Å². The van der Waals surface area contributed by atoms with Gasteiger partial charge in [0.25, 0.3) is 0 Å². The normalized spacial score (nSPS) is 11.3. The van der Waals surface area contributed by atoms with E-state index in [1.165, 1.54) is 6.42 Å². The Balaban J connectivity index is 2.39. The topological polar surface area (TPSA) is 38.3 Å². The number of anilines is 1. The molecule has 4 nitrogen and oxygen atoms in total. The molecule has 124 valence electrons. The van der Waals surface area contributed by atoms with E-state index in [2.05, 4.69) is 33.3 Å². The third kappa shape index (κ3) is 6.94. The van der Waals surface area contributed by atoms with Crippen LogP contribution in [0.1, 0.15) is 43.5 Å². The maximum absolute atomic E-state index is 12.0. The van der Waals surface area contributed by atoms with Gasteiger partial charge in [0, 0.05) is 12.2 Å². The Hall–Kier alpha value is -1.55. The van der Waals surface area contributed by atoms with Crippen molar-refractivity contribution in [1.29, 1.82) is 0 Å². The predicted molar refractivity (Wildman–Crippen MR) is 92.3 cm³/mol. The van der Waals surface area contributed by atoms with Crippen LogP contribution in [0.5, 0.6) is 0 Å². The van der Waals surface area contributed by atoms with Crippen LogP contribution >= 0.6 is 0 Å². The molecule has 0 saturated carbocycles. The van der Waals surface area contributed by atoms with E-state index in [0.717, 1.165) is 42.6 Å². The zero-order chi connectivity index (χ0) is 16.4. The minimum Gasteiger partial charge on any atom is -0.456 e. The molecule has 0 atom stereocenters. The Morgan fingerprint density at radius 1 is 1.09 bits per heavy atom. The Labute approximate surface area is 135 Å². The summed E-state index contributed by atoms with van der Waals surface area (Å²) in [6, 6.07) is 7.51. The fraction of sp³-hybridized carbons (Fsp3) is 0.611. The number of nitrogens with one attached hydrogen (secondary N) is 1. The molecule has 0 amide bonds. The lowest BCUT2D eigenvalue weighted by molar-refractivity contribution is -0.890. The standard InChI is InChI=1S/C18H30N2O2/c1-5-7-12-19-17-10-8-16(9-11-17)18(21)22-15-14-20(3,4)13-6-2/h8-11H,5-7,12-15H2,1-4H3/p+1. The first-order valence-corrected chi connectivity index (χ1v) is 8.31. The number of hydrogen-bond donors (Lipinski definition) is 1. The number of carbonyl (C=O) groups is 1. The number of unbranched alkanes of at least 4 members (excludes halogenated alkanes) is 1. The summed E-state index contributed by atoms with van der Waals surface area (Å²) < 4.78 is 6.25. The van der Waals surface area contributed by atoms with Crippen LogP contribution in [-0.2, 0) is 4.74 Å². The lowest BCUT2D eigenvalue weighted by Gasteiger charge is -2.28. The molecule has 0 bridgehead atoms. The molecule has 0 spiro atoms. The van der Waals surface area contributed by atoms with Gasteiger partial charge in [0.2, 0.25) is 0 Å². The molecule has 0 aliphatic carbocycles. The highest BCUT2D eigenvalue weighted by Gasteiger charge is 2.15. The summed E-state index contributed by atoms with van der Waals surface area (Å²) in [5.41, 5.74) is 1.66. The number of likely N-dealkylation sites (N-methyl/N-ethyl adjacent to an activating group) is 1. The second-order valence-electron chi connectivity index (χ2n) is 6.38. The van der Waals surface area contributed by atoms with Crippen molar-refractivity contribution in [3.63, 3.8) is 0 Å². The van der Waals surface area contributed by atoms with Crippen molar-refractivity contribution in [3.8, 4) is 0 Å². The smallest absolute Gasteiger partial charge is 0.338 e. The van der Waals surface area contributed by atoms with Crippen molar-refractivity contribution < 1.29 is 14.0 Å². The zero-order valence-corrected chi connectivity index (χ0v) is 14.5. The predicted octanol–water partition coefficient (Wildman–Crippen LogP) is 3.54. The monoisotopic (exact) mass is 307 g/mol. The molecule has 0 aliphatic heterocycles. The van der Waals surface area contributed by atoms with E-state index in [-0.39, 0.29) is 5.97 Å². The summed E-state index contributed by atoms with van der Waals surface area (Å²) in [5.74, 6) is -0.239. The highest BCUT2D eigenvalue weighted by Crippen LogP contribution is 2.11. The van der Waals surface area contributed by atoms with Crippen LogP contribution in [0.25, 0.3) is 0 Å². The molecule has 1 rings (SSSR count). The largest absolute Gasteiger partial charge is 0.456 e. The highest BCUT2D eigenvalue weighted by atomic mass is 16.5. The lowest BCUT2D eigenvalue weighted by atomic mass is 10.2. The van der Waals surface area contributed by atoms with E-state index in [1.807, 2.05) is 24.3 Å². The zero-order valence-electron chi connectivity index (χ0n) is 14.5. The summed E-state index contributed by atoms with van der Waals surface area (Å²) in [7, 11) is 4.32. The van der Waals surface area contributed by atoms with Crippen molar-refractivity contribution in [2.24, 2.45) is 0 Å². The van der Waals surface area contributed by atoms with Gasteiger partial charge >= 0.3 is 5.97 Å². The molecule has 1 N–H and O–H groups in total. The van der Waals surface area contributed by atoms with Crippen LogP contribution in [0, 0.1) is 0 Å². The van der Waals surface area contributed by atoms with Crippen molar-refractivity contribution in [1.82, 2.24) is 0 Å². The molecule has 4 heteroatoms. The summed E-state index contributed by atoms with van der Waals surface area (Å²) in [4.78, 5) is 12.0. The van der Waals surface area contributed by atoms with Gasteiger partial charge < -0.3 is 14.5 Å². The number of nitrogens with zero attached hydrogens (tertiary/aromatic N) is 1. The Morgan fingerprint density at radius 3 is 2.36 bits per heavy atom. The number of rotatable bonds is 10. The molecule has 0 heterocycles. The van der Waals surface area contributed by atoms with Gasteiger partial charge in [-0.3, -0.25) is 0 Å². The maximum Gasteiger partial charge on any atom is 0.338 e. The summed E-state index contributed by atoms with van der Waals surface area (Å²) in [6.45, 7) is 7.70. The Bertz CT molecular complexity index is 441. The van der Waals surface area contributed by atoms with Gasteiger partial charge in [-0.15, -0.1) is 0 Å². The number of esters is 1. The van der Waals surface area contributed by atoms with Gasteiger partial charge in [-0.25, -0.2) is 4.79 Å². The molecule has 0 unspecified atom stereocenters. The first kappa shape index (κ1) is 18.5. The van der Waals surface area contributed by atoms with Gasteiger partial charge in [0.05, 0.1) is 26.2 Å². The molecule has 22 heavy (non-hydrogen) atoms. The third-order valence-electron chi connectivity index (χ3n) is 3.74. The van der Waals surface area contributed by atoms with Crippen LogP contribution in [0.4, 0.5) is 5.69 Å². The molecule has 1 aromatic rings. The second-order valence-corrected chi connectivity index (χ2v) is 6.38. The van der Waals surface area contributed by atoms with Crippen molar-refractivity contribution in [3.05, 3.63) is 29.8 Å². The van der Waals surface area contributed by atoms with Crippen LogP contribution in [0.3, 0.4) is 0 Å². The number of hydrogen-bond acceptors (Lipinski definition) is 3. The van der Waals surface area contributed by atoms with Gasteiger partial charge in [-0.1, -0.05) is 20.3 Å². The average Bonchev–Trinajstić information content (AvgIpc) is 2.48. The lowest BCUT2D eigenvalue weighted by Crippen LogP contribution is -2.43. The fourth-order valence-electron chi connectivity index (χ4n) is 2.32. The van der Waals surface area contributed by atoms with E-state index in [9.17, 15) is 4.79 Å². The first-order chi connectivity index (χ1) is 10.5. The van der Waals surface area contributed by atoms with Crippen LogP contribution in [0.15, 0.2) is 24.3 Å². The van der Waals surface area contributed by atoms with Crippen molar-refractivity contribution in [2.75, 3.05) is 45.7 Å². The van der Waals surface area contributed by atoms with E-state index in [0.29, 0.717) is 12.2 Å². The molecule has 0 aromatic heterocycles. The van der Waals surface area contributed by atoms with Gasteiger partial charge in [0.1, 0.15) is 13.2 Å².